The number of piperazine rings is 1. The van der Waals surface area contributed by atoms with Crippen LogP contribution in [0.5, 0.6) is 0 Å². The van der Waals surface area contributed by atoms with Crippen molar-refractivity contribution in [1.29, 1.82) is 0 Å². The number of amides is 3. The maximum absolute atomic E-state index is 12.4. The van der Waals surface area contributed by atoms with Crippen molar-refractivity contribution in [2.24, 2.45) is 0 Å². The van der Waals surface area contributed by atoms with E-state index < -0.39 is 0 Å². The van der Waals surface area contributed by atoms with Gasteiger partial charge < -0.3 is 19.9 Å². The van der Waals surface area contributed by atoms with E-state index in [1.807, 2.05) is 30.7 Å². The molecule has 1 heterocycles. The number of nitrogens with one attached hydrogen (secondary N) is 1. The number of carbonyl (C=O) groups excluding carboxylic acids is 3. The quantitative estimate of drug-likeness (QED) is 0.691. The van der Waals surface area contributed by atoms with Gasteiger partial charge in [-0.3, -0.25) is 9.59 Å². The zero-order chi connectivity index (χ0) is 22.4. The molecule has 0 radical (unpaired) electrons. The summed E-state index contributed by atoms with van der Waals surface area (Å²) in [5.74, 6) is 0.205. The minimum absolute atomic E-state index is 0.00195. The lowest BCUT2D eigenvalue weighted by Crippen LogP contribution is -2.52. The number of rotatable bonds is 6. The lowest BCUT2D eigenvalue weighted by Gasteiger charge is -2.34. The summed E-state index contributed by atoms with van der Waals surface area (Å²) >= 11 is 0. The van der Waals surface area contributed by atoms with Gasteiger partial charge in [-0.15, -0.1) is 0 Å². The molecular weight excluding hydrogens is 414 g/mol. The number of ether oxygens (including phenoxy) is 1. The Morgan fingerprint density at radius 1 is 0.968 bits per heavy atom. The fourth-order valence-electron chi connectivity index (χ4n) is 3.48. The molecule has 3 amide bonds. The van der Waals surface area contributed by atoms with Gasteiger partial charge in [0, 0.05) is 26.2 Å². The number of nitrogens with zero attached hydrogens (tertiary/aromatic N) is 2. The Balaban J connectivity index is 1.42. The second-order valence-corrected chi connectivity index (χ2v) is 10.3. The van der Waals surface area contributed by atoms with Crippen molar-refractivity contribution in [2.45, 2.75) is 13.5 Å². The lowest BCUT2D eigenvalue weighted by atomic mass is 10.1. The van der Waals surface area contributed by atoms with Crippen molar-refractivity contribution < 1.29 is 19.1 Å². The molecule has 2 aromatic rings. The van der Waals surface area contributed by atoms with E-state index in [0.717, 1.165) is 16.3 Å². The molecule has 1 aliphatic rings. The third kappa shape index (κ3) is 6.62. The molecule has 2 aromatic carbocycles. The van der Waals surface area contributed by atoms with Gasteiger partial charge in [0.2, 0.25) is 5.91 Å². The number of carbonyl (C=O) groups is 3. The van der Waals surface area contributed by atoms with Crippen molar-refractivity contribution >= 4 is 39.6 Å². The van der Waals surface area contributed by atoms with Crippen LogP contribution in [0.3, 0.4) is 0 Å². The van der Waals surface area contributed by atoms with Crippen LogP contribution < -0.4 is 5.32 Å². The molecule has 166 valence electrons. The summed E-state index contributed by atoms with van der Waals surface area (Å²) in [5, 5.41) is 4.95. The molecule has 0 aliphatic carbocycles. The molecule has 8 heteroatoms. The summed E-state index contributed by atoms with van der Waals surface area (Å²) in [4.78, 5) is 39.7. The average molecular weight is 445 g/mol. The van der Waals surface area contributed by atoms with Crippen LogP contribution in [-0.2, 0) is 31.8 Å². The maximum atomic E-state index is 12.4. The molecule has 1 aliphatic heterocycles. The Kier molecular flexibility index (Phi) is 7.79. The van der Waals surface area contributed by atoms with Crippen molar-refractivity contribution in [1.82, 2.24) is 15.1 Å². The molecular formula is C23H30N3O4S+. The van der Waals surface area contributed by atoms with Crippen LogP contribution >= 0.6 is 0 Å². The first-order chi connectivity index (χ1) is 14.8. The summed E-state index contributed by atoms with van der Waals surface area (Å²) in [6.45, 7) is 3.99. The molecule has 1 N–H and O–H groups in total. The normalized spacial score (nSPS) is 14.1. The molecule has 1 fully saturated rings. The van der Waals surface area contributed by atoms with E-state index in [-0.39, 0.29) is 42.0 Å². The molecule has 3 rings (SSSR count). The van der Waals surface area contributed by atoms with Crippen LogP contribution in [-0.4, -0.2) is 78.7 Å². The van der Waals surface area contributed by atoms with Gasteiger partial charge in [0.25, 0.3) is 5.91 Å². The van der Waals surface area contributed by atoms with E-state index in [4.69, 9.17) is 4.74 Å². The van der Waals surface area contributed by atoms with Gasteiger partial charge in [-0.25, -0.2) is 4.79 Å². The molecule has 0 unspecified atom stereocenters. The Bertz CT molecular complexity index is 955. The molecule has 0 spiro atoms. The topological polar surface area (TPSA) is 79.0 Å². The minimum atomic E-state index is -0.373. The Labute approximate surface area is 186 Å². The number of fused-ring (bicyclic) bond motifs is 1. The highest BCUT2D eigenvalue weighted by molar-refractivity contribution is 7.96. The van der Waals surface area contributed by atoms with Gasteiger partial charge in [0.15, 0.2) is 5.75 Å². The lowest BCUT2D eigenvalue weighted by molar-refractivity contribution is -0.133. The number of benzene rings is 2. The van der Waals surface area contributed by atoms with E-state index in [1.54, 1.807) is 9.80 Å². The summed E-state index contributed by atoms with van der Waals surface area (Å²) in [6, 6.07) is 12.3. The Morgan fingerprint density at radius 2 is 1.61 bits per heavy atom. The fraction of sp³-hybridized carbons (Fsp3) is 0.435. The third-order valence-corrected chi connectivity index (χ3v) is 6.01. The molecule has 0 saturated carbocycles. The molecule has 0 aromatic heterocycles. The zero-order valence-corrected chi connectivity index (χ0v) is 19.2. The van der Waals surface area contributed by atoms with Gasteiger partial charge >= 0.3 is 6.09 Å². The Hall–Kier alpha value is -2.74. The first-order valence-corrected chi connectivity index (χ1v) is 12.5. The fourth-order valence-corrected chi connectivity index (χ4v) is 4.10. The van der Waals surface area contributed by atoms with E-state index in [0.29, 0.717) is 31.9 Å². The van der Waals surface area contributed by atoms with E-state index in [2.05, 4.69) is 30.4 Å². The van der Waals surface area contributed by atoms with Gasteiger partial charge in [0.1, 0.15) is 6.61 Å². The number of aryl methyl sites for hydroxylation is 1. The number of hydrogen-bond acceptors (Lipinski definition) is 4. The predicted octanol–water partition coefficient (Wildman–Crippen LogP) is 1.92. The summed E-state index contributed by atoms with van der Waals surface area (Å²) in [5.41, 5.74) is 2.15. The highest BCUT2D eigenvalue weighted by Crippen LogP contribution is 2.18. The Morgan fingerprint density at radius 3 is 2.32 bits per heavy atom. The average Bonchev–Trinajstić information content (AvgIpc) is 2.75. The molecule has 31 heavy (non-hydrogen) atoms. The number of hydrogen-bond donors (Lipinski definition) is 1. The van der Waals surface area contributed by atoms with Crippen molar-refractivity contribution in [3.05, 3.63) is 47.5 Å². The second-order valence-electron chi connectivity index (χ2n) is 8.01. The van der Waals surface area contributed by atoms with Crippen molar-refractivity contribution in [3.8, 4) is 0 Å². The molecule has 0 atom stereocenters. The molecule has 1 saturated heterocycles. The minimum Gasteiger partial charge on any atom is -0.445 e. The first-order valence-electron chi connectivity index (χ1n) is 10.3. The standard InChI is InChI=1S/C23H29N3O4S/c1-17-4-6-20-13-18(5-7-19(20)12-17)15-30-23(29)26-10-8-25(9-11-26)22(28)14-24-21(27)16-31(2)3/h4-7,12-13H,8-11,14-16H2,1-3H3/p+1. The third-order valence-electron chi connectivity index (χ3n) is 5.17. The van der Waals surface area contributed by atoms with E-state index in [1.165, 1.54) is 5.56 Å². The van der Waals surface area contributed by atoms with Gasteiger partial charge in [0.05, 0.1) is 19.1 Å². The van der Waals surface area contributed by atoms with Crippen LogP contribution in [0.4, 0.5) is 4.79 Å². The summed E-state index contributed by atoms with van der Waals surface area (Å²) in [7, 11) is 0.00555. The van der Waals surface area contributed by atoms with Gasteiger partial charge in [-0.2, -0.15) is 0 Å². The largest absolute Gasteiger partial charge is 0.445 e. The van der Waals surface area contributed by atoms with E-state index >= 15 is 0 Å². The van der Waals surface area contributed by atoms with Crippen LogP contribution in [0.25, 0.3) is 10.8 Å². The zero-order valence-electron chi connectivity index (χ0n) is 18.3. The SMILES string of the molecule is Cc1ccc2cc(COC(=O)N3CCN(C(=O)CNC(=O)C[S+](C)C)CC3)ccc2c1. The molecule has 0 bridgehead atoms. The van der Waals surface area contributed by atoms with Crippen LogP contribution in [0.15, 0.2) is 36.4 Å². The van der Waals surface area contributed by atoms with Crippen molar-refractivity contribution in [2.75, 3.05) is 51.0 Å². The second kappa shape index (κ2) is 10.5. The highest BCUT2D eigenvalue weighted by Gasteiger charge is 2.25. The van der Waals surface area contributed by atoms with Crippen LogP contribution in [0, 0.1) is 6.92 Å². The van der Waals surface area contributed by atoms with Gasteiger partial charge in [-0.05, 0) is 40.2 Å². The van der Waals surface area contributed by atoms with E-state index in [9.17, 15) is 14.4 Å². The first kappa shape index (κ1) is 22.9. The van der Waals surface area contributed by atoms with Gasteiger partial charge in [-0.1, -0.05) is 35.9 Å². The smallest absolute Gasteiger partial charge is 0.410 e. The van der Waals surface area contributed by atoms with Crippen LogP contribution in [0.2, 0.25) is 0 Å². The monoisotopic (exact) mass is 444 g/mol. The molecule has 7 nitrogen and oxygen atoms in total. The van der Waals surface area contributed by atoms with Crippen molar-refractivity contribution in [3.63, 3.8) is 0 Å². The maximum Gasteiger partial charge on any atom is 0.410 e. The summed E-state index contributed by atoms with van der Waals surface area (Å²) in [6.07, 6.45) is 3.60. The highest BCUT2D eigenvalue weighted by atomic mass is 32.2. The predicted molar refractivity (Wildman–Crippen MR) is 124 cm³/mol. The summed E-state index contributed by atoms with van der Waals surface area (Å²) < 4.78 is 5.48. The van der Waals surface area contributed by atoms with Crippen LogP contribution in [0.1, 0.15) is 11.1 Å².